The molecule has 3 N–H and O–H groups in total. The first-order valence-corrected chi connectivity index (χ1v) is 7.36. The number of aliphatic hydroxyl groups excluding tert-OH is 1. The molecule has 1 unspecified atom stereocenters. The first-order valence-electron chi connectivity index (χ1n) is 6.56. The summed E-state index contributed by atoms with van der Waals surface area (Å²) in [4.78, 5) is 2.46. The van der Waals surface area contributed by atoms with Crippen molar-refractivity contribution in [2.75, 3.05) is 25.4 Å². The predicted molar refractivity (Wildman–Crippen MR) is 78.3 cm³/mol. The summed E-state index contributed by atoms with van der Waals surface area (Å²) in [7, 11) is 0. The zero-order chi connectivity index (χ0) is 13.0. The van der Waals surface area contributed by atoms with E-state index in [0.29, 0.717) is 12.5 Å². The number of hydrogen-bond acceptors (Lipinski definition) is 3. The molecule has 1 fully saturated rings. The Hall–Kier alpha value is -0.580. The van der Waals surface area contributed by atoms with Crippen LogP contribution in [-0.4, -0.2) is 29.7 Å². The third kappa shape index (κ3) is 3.46. The molecule has 1 aliphatic heterocycles. The molecule has 0 aliphatic carbocycles. The monoisotopic (exact) mass is 312 g/mol. The maximum Gasteiger partial charge on any atom is 0.0461 e. The van der Waals surface area contributed by atoms with Crippen LogP contribution in [0.1, 0.15) is 24.8 Å². The van der Waals surface area contributed by atoms with Gasteiger partial charge in [-0.1, -0.05) is 12.1 Å². The number of benzene rings is 1. The number of aliphatic hydroxyl groups is 1. The summed E-state index contributed by atoms with van der Waals surface area (Å²) in [6, 6.07) is 6.04. The van der Waals surface area contributed by atoms with Crippen LogP contribution in [0.15, 0.2) is 22.7 Å². The second kappa shape index (κ2) is 6.55. The summed E-state index contributed by atoms with van der Waals surface area (Å²) in [5.41, 5.74) is 7.95. The molecular weight excluding hydrogens is 292 g/mol. The first kappa shape index (κ1) is 13.8. The van der Waals surface area contributed by atoms with Crippen molar-refractivity contribution in [1.29, 1.82) is 0 Å². The van der Waals surface area contributed by atoms with Crippen LogP contribution in [0, 0.1) is 5.92 Å². The molecule has 0 aromatic heterocycles. The van der Waals surface area contributed by atoms with E-state index in [-0.39, 0.29) is 0 Å². The molecule has 1 aliphatic rings. The van der Waals surface area contributed by atoms with Crippen LogP contribution in [0.5, 0.6) is 0 Å². The van der Waals surface area contributed by atoms with Crippen LogP contribution in [-0.2, 0) is 6.54 Å². The highest BCUT2D eigenvalue weighted by atomic mass is 79.9. The number of hydrogen-bond donors (Lipinski definition) is 2. The maximum absolute atomic E-state index is 9.03. The molecule has 1 saturated heterocycles. The number of halogens is 1. The van der Waals surface area contributed by atoms with Crippen molar-refractivity contribution in [2.45, 2.75) is 25.8 Å². The fourth-order valence-corrected chi connectivity index (χ4v) is 3.07. The molecule has 0 saturated carbocycles. The average molecular weight is 313 g/mol. The molecule has 0 bridgehead atoms. The van der Waals surface area contributed by atoms with Gasteiger partial charge in [0.2, 0.25) is 0 Å². The van der Waals surface area contributed by atoms with Crippen molar-refractivity contribution < 1.29 is 5.11 Å². The number of nitrogen functional groups attached to an aromatic ring is 1. The number of rotatable bonds is 4. The van der Waals surface area contributed by atoms with E-state index in [2.05, 4.69) is 26.9 Å². The Kier molecular flexibility index (Phi) is 5.03. The highest BCUT2D eigenvalue weighted by molar-refractivity contribution is 9.10. The molecule has 3 nitrogen and oxygen atoms in total. The smallest absolute Gasteiger partial charge is 0.0461 e. The van der Waals surface area contributed by atoms with Crippen LogP contribution in [0.25, 0.3) is 0 Å². The summed E-state index contributed by atoms with van der Waals surface area (Å²) < 4.78 is 1.02. The van der Waals surface area contributed by atoms with E-state index in [1.165, 1.54) is 18.4 Å². The molecule has 0 spiro atoms. The van der Waals surface area contributed by atoms with Gasteiger partial charge in [-0.05, 0) is 59.3 Å². The van der Waals surface area contributed by atoms with E-state index < -0.39 is 0 Å². The lowest BCUT2D eigenvalue weighted by molar-refractivity contribution is 0.142. The third-order valence-electron chi connectivity index (χ3n) is 3.64. The van der Waals surface area contributed by atoms with Crippen molar-refractivity contribution in [3.63, 3.8) is 0 Å². The van der Waals surface area contributed by atoms with Crippen molar-refractivity contribution >= 4 is 21.6 Å². The predicted octanol–water partition coefficient (Wildman–Crippen LogP) is 2.63. The average Bonchev–Trinajstić information content (AvgIpc) is 2.36. The lowest BCUT2D eigenvalue weighted by Gasteiger charge is -2.32. The Morgan fingerprint density at radius 2 is 2.28 bits per heavy atom. The Morgan fingerprint density at radius 3 is 3.06 bits per heavy atom. The fourth-order valence-electron chi connectivity index (χ4n) is 2.68. The second-order valence-corrected chi connectivity index (χ2v) is 5.87. The maximum atomic E-state index is 9.03. The van der Waals surface area contributed by atoms with E-state index >= 15 is 0 Å². The van der Waals surface area contributed by atoms with Gasteiger partial charge >= 0.3 is 0 Å². The largest absolute Gasteiger partial charge is 0.398 e. The highest BCUT2D eigenvalue weighted by Gasteiger charge is 2.20. The molecule has 1 aromatic rings. The Morgan fingerprint density at radius 1 is 1.44 bits per heavy atom. The topological polar surface area (TPSA) is 49.5 Å². The van der Waals surface area contributed by atoms with Gasteiger partial charge in [-0.25, -0.2) is 0 Å². The van der Waals surface area contributed by atoms with Gasteiger partial charge in [-0.15, -0.1) is 0 Å². The normalized spacial score (nSPS) is 21.1. The molecule has 1 aromatic carbocycles. The summed E-state index contributed by atoms with van der Waals surface area (Å²) in [5, 5.41) is 9.03. The van der Waals surface area contributed by atoms with E-state index in [1.54, 1.807) is 0 Å². The standard InChI is InChI=1S/C14H21BrN2O/c15-14-12(4-1-5-13(14)16)10-17-7-2-3-11(9-17)6-8-18/h1,4-5,11,18H,2-3,6-10,16H2. The van der Waals surface area contributed by atoms with E-state index in [9.17, 15) is 0 Å². The number of anilines is 1. The SMILES string of the molecule is Nc1cccc(CN2CCCC(CCO)C2)c1Br. The van der Waals surface area contributed by atoms with Gasteiger partial charge in [0.25, 0.3) is 0 Å². The van der Waals surface area contributed by atoms with Gasteiger partial charge in [0.15, 0.2) is 0 Å². The number of likely N-dealkylation sites (tertiary alicyclic amines) is 1. The van der Waals surface area contributed by atoms with Gasteiger partial charge in [-0.3, -0.25) is 4.90 Å². The molecule has 18 heavy (non-hydrogen) atoms. The van der Waals surface area contributed by atoms with E-state index in [1.807, 2.05) is 12.1 Å². The minimum atomic E-state index is 0.306. The first-order chi connectivity index (χ1) is 8.70. The lowest BCUT2D eigenvalue weighted by Crippen LogP contribution is -2.35. The van der Waals surface area contributed by atoms with Crippen molar-refractivity contribution in [3.05, 3.63) is 28.2 Å². The Balaban J connectivity index is 1.98. The molecule has 0 radical (unpaired) electrons. The molecule has 0 amide bonds. The summed E-state index contributed by atoms with van der Waals surface area (Å²) in [6.45, 7) is 3.47. The number of nitrogens with two attached hydrogens (primary N) is 1. The van der Waals surface area contributed by atoms with Crippen molar-refractivity contribution in [3.8, 4) is 0 Å². The molecule has 1 heterocycles. The fraction of sp³-hybridized carbons (Fsp3) is 0.571. The van der Waals surface area contributed by atoms with E-state index in [0.717, 1.165) is 36.2 Å². The zero-order valence-electron chi connectivity index (χ0n) is 10.6. The van der Waals surface area contributed by atoms with Crippen LogP contribution in [0.2, 0.25) is 0 Å². The van der Waals surface area contributed by atoms with Gasteiger partial charge in [0.1, 0.15) is 0 Å². The molecule has 4 heteroatoms. The van der Waals surface area contributed by atoms with Gasteiger partial charge in [-0.2, -0.15) is 0 Å². The van der Waals surface area contributed by atoms with E-state index in [4.69, 9.17) is 10.8 Å². The summed E-state index contributed by atoms with van der Waals surface area (Å²) in [5.74, 6) is 0.642. The quantitative estimate of drug-likeness (QED) is 0.840. The molecule has 100 valence electrons. The third-order valence-corrected chi connectivity index (χ3v) is 4.61. The number of nitrogens with zero attached hydrogens (tertiary/aromatic N) is 1. The Labute approximate surface area is 117 Å². The highest BCUT2D eigenvalue weighted by Crippen LogP contribution is 2.27. The van der Waals surface area contributed by atoms with Gasteiger partial charge in [0, 0.05) is 29.9 Å². The van der Waals surface area contributed by atoms with Crippen LogP contribution in [0.4, 0.5) is 5.69 Å². The van der Waals surface area contributed by atoms with Gasteiger partial charge < -0.3 is 10.8 Å². The lowest BCUT2D eigenvalue weighted by atomic mass is 9.95. The zero-order valence-corrected chi connectivity index (χ0v) is 12.2. The molecule has 1 atom stereocenters. The van der Waals surface area contributed by atoms with Crippen LogP contribution < -0.4 is 5.73 Å². The summed E-state index contributed by atoms with van der Waals surface area (Å²) >= 11 is 3.56. The van der Waals surface area contributed by atoms with Crippen LogP contribution in [0.3, 0.4) is 0 Å². The van der Waals surface area contributed by atoms with Crippen molar-refractivity contribution in [2.24, 2.45) is 5.92 Å². The van der Waals surface area contributed by atoms with Crippen LogP contribution >= 0.6 is 15.9 Å². The second-order valence-electron chi connectivity index (χ2n) is 5.08. The van der Waals surface area contributed by atoms with Gasteiger partial charge in [0.05, 0.1) is 0 Å². The minimum absolute atomic E-state index is 0.306. The minimum Gasteiger partial charge on any atom is -0.398 e. The van der Waals surface area contributed by atoms with Crippen molar-refractivity contribution in [1.82, 2.24) is 4.90 Å². The number of piperidine rings is 1. The summed E-state index contributed by atoms with van der Waals surface area (Å²) in [6.07, 6.45) is 3.40. The molecule has 2 rings (SSSR count). The molecular formula is C14H21BrN2O. The Bertz CT molecular complexity index is 395.